The van der Waals surface area contributed by atoms with Crippen LogP contribution in [-0.2, 0) is 34.9 Å². The Hall–Kier alpha value is -5.93. The molecular formula is C33H25F6N3O7. The first-order chi connectivity index (χ1) is 23.0. The predicted octanol–water partition coefficient (Wildman–Crippen LogP) is 6.26. The topological polar surface area (TPSA) is 135 Å². The number of hydrogen-bond donors (Lipinski definition) is 2. The summed E-state index contributed by atoms with van der Waals surface area (Å²) in [4.78, 5) is 54.2. The molecule has 0 saturated heterocycles. The molecule has 4 rings (SSSR count). The summed E-state index contributed by atoms with van der Waals surface area (Å²) in [5.74, 6) is -4.28. The number of hydrogen-bond acceptors (Lipinski definition) is 7. The van der Waals surface area contributed by atoms with E-state index in [1.165, 1.54) is 61.7 Å². The quantitative estimate of drug-likeness (QED) is 0.107. The Morgan fingerprint density at radius 3 is 2.06 bits per heavy atom. The molecule has 49 heavy (non-hydrogen) atoms. The fraction of sp³-hybridized carbons (Fsp3) is 0.182. The number of anilines is 1. The zero-order valence-corrected chi connectivity index (χ0v) is 25.3. The lowest BCUT2D eigenvalue weighted by Crippen LogP contribution is -2.35. The van der Waals surface area contributed by atoms with Crippen LogP contribution in [0.5, 0.6) is 11.5 Å². The third-order valence-corrected chi connectivity index (χ3v) is 6.86. The zero-order valence-electron chi connectivity index (χ0n) is 25.3. The molecule has 0 atom stereocenters. The Bertz CT molecular complexity index is 1840. The molecule has 256 valence electrons. The first kappa shape index (κ1) is 35.9. The molecule has 0 spiro atoms. The summed E-state index contributed by atoms with van der Waals surface area (Å²) >= 11 is 0. The van der Waals surface area contributed by atoms with Gasteiger partial charge in [0, 0.05) is 30.2 Å². The second-order valence-corrected chi connectivity index (χ2v) is 10.3. The number of carbonyl (C=O) groups is 4. The Morgan fingerprint density at radius 1 is 0.837 bits per heavy atom. The molecule has 0 unspecified atom stereocenters. The van der Waals surface area contributed by atoms with E-state index in [0.717, 1.165) is 29.4 Å². The number of benzene rings is 3. The highest BCUT2D eigenvalue weighted by atomic mass is 19.4. The van der Waals surface area contributed by atoms with Crippen molar-refractivity contribution in [2.45, 2.75) is 25.3 Å². The minimum atomic E-state index is -4.82. The SMILES string of the molecule is COc1ccc(CC(=O)Nc2ccc(C(=O)N(CC(=O)O)Cc3ccc(OC(=O)c4cnccc4C(F)(F)F)cc3)cc2)c(C(F)(F)F)c1. The number of rotatable bonds is 11. The number of amides is 2. The van der Waals surface area contributed by atoms with E-state index >= 15 is 0 Å². The molecule has 0 aliphatic rings. The second-order valence-electron chi connectivity index (χ2n) is 10.3. The van der Waals surface area contributed by atoms with Crippen molar-refractivity contribution in [1.82, 2.24) is 9.88 Å². The lowest BCUT2D eigenvalue weighted by Gasteiger charge is -2.21. The van der Waals surface area contributed by atoms with Crippen molar-refractivity contribution in [3.8, 4) is 11.5 Å². The lowest BCUT2D eigenvalue weighted by atomic mass is 10.0. The summed E-state index contributed by atoms with van der Waals surface area (Å²) in [5.41, 5.74) is -2.76. The largest absolute Gasteiger partial charge is 0.497 e. The number of halogens is 6. The lowest BCUT2D eigenvalue weighted by molar-refractivity contribution is -0.139. The number of methoxy groups -OCH3 is 1. The number of aliphatic carboxylic acids is 1. The Kier molecular flexibility index (Phi) is 10.9. The van der Waals surface area contributed by atoms with Crippen molar-refractivity contribution in [3.05, 3.63) is 119 Å². The number of esters is 1. The first-order valence-corrected chi connectivity index (χ1v) is 14.0. The number of carboxylic acid groups (broad SMARTS) is 1. The third kappa shape index (κ3) is 9.56. The molecule has 1 heterocycles. The molecule has 0 bridgehead atoms. The molecular weight excluding hydrogens is 664 g/mol. The van der Waals surface area contributed by atoms with Crippen LogP contribution < -0.4 is 14.8 Å². The Labute approximate surface area is 273 Å². The van der Waals surface area contributed by atoms with E-state index in [4.69, 9.17) is 9.47 Å². The van der Waals surface area contributed by atoms with E-state index in [1.54, 1.807) is 0 Å². The summed E-state index contributed by atoms with van der Waals surface area (Å²) in [6, 6.07) is 14.3. The van der Waals surface area contributed by atoms with Gasteiger partial charge in [0.1, 0.15) is 18.0 Å². The van der Waals surface area contributed by atoms with E-state index in [1.807, 2.05) is 0 Å². The summed E-state index contributed by atoms with van der Waals surface area (Å²) in [6.07, 6.45) is -8.55. The Morgan fingerprint density at radius 2 is 1.47 bits per heavy atom. The molecule has 1 aromatic heterocycles. The van der Waals surface area contributed by atoms with Crippen molar-refractivity contribution in [2.24, 2.45) is 0 Å². The number of aromatic nitrogens is 1. The minimum Gasteiger partial charge on any atom is -0.497 e. The molecule has 3 aromatic carbocycles. The van der Waals surface area contributed by atoms with E-state index in [2.05, 4.69) is 10.3 Å². The monoisotopic (exact) mass is 689 g/mol. The van der Waals surface area contributed by atoms with Crippen LogP contribution in [0.4, 0.5) is 32.0 Å². The molecule has 0 saturated carbocycles. The Balaban J connectivity index is 1.41. The fourth-order valence-corrected chi connectivity index (χ4v) is 4.57. The number of alkyl halides is 6. The first-order valence-electron chi connectivity index (χ1n) is 14.0. The molecule has 0 fully saturated rings. The molecule has 10 nitrogen and oxygen atoms in total. The van der Waals surface area contributed by atoms with Gasteiger partial charge in [-0.25, -0.2) is 4.79 Å². The minimum absolute atomic E-state index is 0.0243. The standard InChI is InChI=1S/C33H25F6N3O7/c1-48-24-11-6-21(27(15-24)33(37,38)39)14-28(43)41-22-7-4-20(5-8-22)30(46)42(18-29(44)45)17-19-2-9-23(10-3-19)49-31(47)25-16-40-13-12-26(25)32(34,35)36/h2-13,15-16H,14,17-18H2,1H3,(H,41,43)(H,44,45). The van der Waals surface area contributed by atoms with Gasteiger partial charge in [0.2, 0.25) is 5.91 Å². The molecule has 2 N–H and O–H groups in total. The number of carbonyl (C=O) groups excluding carboxylic acids is 3. The van der Waals surface area contributed by atoms with Crippen molar-refractivity contribution >= 4 is 29.4 Å². The van der Waals surface area contributed by atoms with Crippen LogP contribution >= 0.6 is 0 Å². The van der Waals surface area contributed by atoms with Crippen molar-refractivity contribution in [3.63, 3.8) is 0 Å². The highest BCUT2D eigenvalue weighted by Crippen LogP contribution is 2.35. The summed E-state index contributed by atoms with van der Waals surface area (Å²) in [7, 11) is 1.21. The molecule has 2 amide bonds. The molecule has 0 aliphatic heterocycles. The number of nitrogens with one attached hydrogen (secondary N) is 1. The van der Waals surface area contributed by atoms with Gasteiger partial charge in [0.15, 0.2) is 0 Å². The number of ether oxygens (including phenoxy) is 2. The van der Waals surface area contributed by atoms with Gasteiger partial charge in [-0.15, -0.1) is 0 Å². The fourth-order valence-electron chi connectivity index (χ4n) is 4.57. The molecule has 0 aliphatic carbocycles. The van der Waals surface area contributed by atoms with Crippen LogP contribution in [0.1, 0.15) is 43.0 Å². The van der Waals surface area contributed by atoms with Crippen LogP contribution in [0.2, 0.25) is 0 Å². The summed E-state index contributed by atoms with van der Waals surface area (Å²) in [6.45, 7) is -0.958. The van der Waals surface area contributed by atoms with Gasteiger partial charge in [-0.05, 0) is 65.7 Å². The number of carboxylic acids is 1. The van der Waals surface area contributed by atoms with E-state index in [0.29, 0.717) is 11.6 Å². The summed E-state index contributed by atoms with van der Waals surface area (Å²) < 4.78 is 90.1. The van der Waals surface area contributed by atoms with Crippen LogP contribution in [0.15, 0.2) is 85.2 Å². The summed E-state index contributed by atoms with van der Waals surface area (Å²) in [5, 5.41) is 11.8. The van der Waals surface area contributed by atoms with Crippen molar-refractivity contribution in [2.75, 3.05) is 19.0 Å². The van der Waals surface area contributed by atoms with Crippen molar-refractivity contribution < 1.29 is 60.1 Å². The van der Waals surface area contributed by atoms with Gasteiger partial charge in [-0.3, -0.25) is 19.4 Å². The average Bonchev–Trinajstić information content (AvgIpc) is 3.04. The normalized spacial score (nSPS) is 11.4. The van der Waals surface area contributed by atoms with Gasteiger partial charge >= 0.3 is 24.3 Å². The average molecular weight is 690 g/mol. The van der Waals surface area contributed by atoms with Crippen LogP contribution in [-0.4, -0.2) is 52.4 Å². The van der Waals surface area contributed by atoms with E-state index in [-0.39, 0.29) is 34.9 Å². The highest BCUT2D eigenvalue weighted by Gasteiger charge is 2.36. The second kappa shape index (κ2) is 14.9. The molecule has 0 radical (unpaired) electrons. The van der Waals surface area contributed by atoms with E-state index < -0.39 is 65.8 Å². The number of nitrogens with zero attached hydrogens (tertiary/aromatic N) is 2. The maximum absolute atomic E-state index is 13.5. The molecule has 16 heteroatoms. The van der Waals surface area contributed by atoms with Crippen LogP contribution in [0.3, 0.4) is 0 Å². The van der Waals surface area contributed by atoms with Gasteiger partial charge in [0.05, 0.1) is 30.2 Å². The van der Waals surface area contributed by atoms with Gasteiger partial charge in [0.25, 0.3) is 5.91 Å². The van der Waals surface area contributed by atoms with Crippen LogP contribution in [0.25, 0.3) is 0 Å². The van der Waals surface area contributed by atoms with Crippen LogP contribution in [0, 0.1) is 0 Å². The number of pyridine rings is 1. The van der Waals surface area contributed by atoms with Gasteiger partial charge in [-0.2, -0.15) is 26.3 Å². The smallest absolute Gasteiger partial charge is 0.417 e. The predicted molar refractivity (Wildman–Crippen MR) is 160 cm³/mol. The van der Waals surface area contributed by atoms with Gasteiger partial charge in [-0.1, -0.05) is 18.2 Å². The molecule has 4 aromatic rings. The maximum atomic E-state index is 13.5. The zero-order chi connectivity index (χ0) is 35.9. The highest BCUT2D eigenvalue weighted by molar-refractivity contribution is 5.97. The van der Waals surface area contributed by atoms with E-state index in [9.17, 15) is 50.6 Å². The third-order valence-electron chi connectivity index (χ3n) is 6.86. The maximum Gasteiger partial charge on any atom is 0.417 e. The van der Waals surface area contributed by atoms with Crippen molar-refractivity contribution in [1.29, 1.82) is 0 Å². The van der Waals surface area contributed by atoms with Gasteiger partial charge < -0.3 is 24.8 Å².